The van der Waals surface area contributed by atoms with Crippen LogP contribution >= 0.6 is 12.4 Å². The predicted molar refractivity (Wildman–Crippen MR) is 75.6 cm³/mol. The molecule has 1 unspecified atom stereocenters. The van der Waals surface area contributed by atoms with Crippen molar-refractivity contribution in [2.75, 3.05) is 5.32 Å². The molecule has 4 heteroatoms. The van der Waals surface area contributed by atoms with Gasteiger partial charge in [-0.05, 0) is 30.7 Å². The maximum absolute atomic E-state index is 12.7. The van der Waals surface area contributed by atoms with E-state index in [1.54, 1.807) is 12.1 Å². The van der Waals surface area contributed by atoms with Crippen molar-refractivity contribution in [3.8, 4) is 0 Å². The van der Waals surface area contributed by atoms with Gasteiger partial charge in [-0.2, -0.15) is 0 Å². The predicted octanol–water partition coefficient (Wildman–Crippen LogP) is 4.40. The molecule has 102 valence electrons. The van der Waals surface area contributed by atoms with Gasteiger partial charge in [0.25, 0.3) is 0 Å². The summed E-state index contributed by atoms with van der Waals surface area (Å²) in [5, 5.41) is 2.79. The smallest absolute Gasteiger partial charge is 0.227 e. The fraction of sp³-hybridized carbons (Fsp3) is 0.500. The van der Waals surface area contributed by atoms with Crippen LogP contribution in [0, 0.1) is 11.7 Å². The zero-order valence-electron chi connectivity index (χ0n) is 10.9. The Labute approximate surface area is 114 Å². The monoisotopic (exact) mass is 273 g/mol. The zero-order valence-corrected chi connectivity index (χ0v) is 11.7. The Kier molecular flexibility index (Phi) is 8.38. The quantitative estimate of drug-likeness (QED) is 0.765. The van der Waals surface area contributed by atoms with Gasteiger partial charge in [-0.25, -0.2) is 4.39 Å². The topological polar surface area (TPSA) is 29.1 Å². The lowest BCUT2D eigenvalue weighted by atomic mass is 10.0. The van der Waals surface area contributed by atoms with E-state index in [2.05, 4.69) is 12.2 Å². The Bertz CT molecular complexity index is 353. The molecule has 1 atom stereocenters. The molecule has 0 fully saturated rings. The van der Waals surface area contributed by atoms with Crippen LogP contribution in [0.3, 0.4) is 0 Å². The fourth-order valence-electron chi connectivity index (χ4n) is 1.63. The minimum absolute atomic E-state index is 0. The average Bonchev–Trinajstić information content (AvgIpc) is 2.32. The SMILES string of the molecule is CCCCCC(C)C(=O)Nc1ccc(F)cc1.Cl. The number of carbonyl (C=O) groups excluding carboxylic acids is 1. The van der Waals surface area contributed by atoms with Crippen molar-refractivity contribution in [1.29, 1.82) is 0 Å². The molecule has 0 aliphatic rings. The van der Waals surface area contributed by atoms with Crippen molar-refractivity contribution in [1.82, 2.24) is 0 Å². The van der Waals surface area contributed by atoms with Crippen molar-refractivity contribution in [3.63, 3.8) is 0 Å². The van der Waals surface area contributed by atoms with Crippen LogP contribution in [-0.4, -0.2) is 5.91 Å². The van der Waals surface area contributed by atoms with E-state index in [0.717, 1.165) is 25.7 Å². The van der Waals surface area contributed by atoms with E-state index < -0.39 is 0 Å². The third kappa shape index (κ3) is 6.01. The number of amides is 1. The van der Waals surface area contributed by atoms with Crippen molar-refractivity contribution >= 4 is 24.0 Å². The fourth-order valence-corrected chi connectivity index (χ4v) is 1.63. The Morgan fingerprint density at radius 3 is 2.44 bits per heavy atom. The minimum atomic E-state index is -0.293. The second-order valence-electron chi connectivity index (χ2n) is 4.39. The molecule has 2 nitrogen and oxygen atoms in total. The number of carbonyl (C=O) groups is 1. The number of halogens is 2. The van der Waals surface area contributed by atoms with E-state index in [-0.39, 0.29) is 30.0 Å². The number of hydrogen-bond acceptors (Lipinski definition) is 1. The van der Waals surface area contributed by atoms with Gasteiger partial charge in [0.05, 0.1) is 0 Å². The zero-order chi connectivity index (χ0) is 12.7. The van der Waals surface area contributed by atoms with Crippen LogP contribution in [0.25, 0.3) is 0 Å². The molecule has 1 N–H and O–H groups in total. The molecule has 1 aromatic carbocycles. The molecule has 0 aliphatic carbocycles. The van der Waals surface area contributed by atoms with E-state index in [0.29, 0.717) is 5.69 Å². The van der Waals surface area contributed by atoms with Crippen molar-refractivity contribution in [2.24, 2.45) is 5.92 Å². The van der Waals surface area contributed by atoms with Crippen LogP contribution in [0.1, 0.15) is 39.5 Å². The largest absolute Gasteiger partial charge is 0.326 e. The summed E-state index contributed by atoms with van der Waals surface area (Å²) in [6.45, 7) is 4.07. The van der Waals surface area contributed by atoms with Crippen LogP contribution in [0.15, 0.2) is 24.3 Å². The maximum Gasteiger partial charge on any atom is 0.227 e. The molecule has 1 amide bonds. The van der Waals surface area contributed by atoms with E-state index in [1.807, 2.05) is 6.92 Å². The lowest BCUT2D eigenvalue weighted by molar-refractivity contribution is -0.119. The standard InChI is InChI=1S/C14H20FNO.ClH/c1-3-4-5-6-11(2)14(17)16-13-9-7-12(15)8-10-13;/h7-11H,3-6H2,1-2H3,(H,16,17);1H. The molecule has 1 rings (SSSR count). The number of unbranched alkanes of at least 4 members (excludes halogenated alkanes) is 2. The summed E-state index contributed by atoms with van der Waals surface area (Å²) in [5.41, 5.74) is 0.652. The van der Waals surface area contributed by atoms with Gasteiger partial charge in [0.2, 0.25) is 5.91 Å². The Morgan fingerprint density at radius 2 is 1.89 bits per heavy atom. The normalized spacial score (nSPS) is 11.5. The van der Waals surface area contributed by atoms with Crippen LogP contribution in [0.2, 0.25) is 0 Å². The summed E-state index contributed by atoms with van der Waals surface area (Å²) in [5.74, 6) is -0.279. The molecule has 18 heavy (non-hydrogen) atoms. The van der Waals surface area contributed by atoms with Gasteiger partial charge in [0.1, 0.15) is 5.82 Å². The summed E-state index contributed by atoms with van der Waals surface area (Å²) in [7, 11) is 0. The molecule has 0 bridgehead atoms. The highest BCUT2D eigenvalue weighted by atomic mass is 35.5. The van der Waals surface area contributed by atoms with Gasteiger partial charge in [0, 0.05) is 11.6 Å². The molecule has 1 aromatic rings. The number of nitrogens with one attached hydrogen (secondary N) is 1. The van der Waals surface area contributed by atoms with Gasteiger partial charge in [0.15, 0.2) is 0 Å². The van der Waals surface area contributed by atoms with Gasteiger partial charge in [-0.1, -0.05) is 33.1 Å². The summed E-state index contributed by atoms with van der Waals surface area (Å²) < 4.78 is 12.7. The first-order valence-corrected chi connectivity index (χ1v) is 6.20. The molecule has 0 aliphatic heterocycles. The molecule has 0 aromatic heterocycles. The molecule has 0 spiro atoms. The lowest BCUT2D eigenvalue weighted by Gasteiger charge is -2.11. The number of hydrogen-bond donors (Lipinski definition) is 1. The Morgan fingerprint density at radius 1 is 1.28 bits per heavy atom. The van der Waals surface area contributed by atoms with Crippen molar-refractivity contribution in [3.05, 3.63) is 30.1 Å². The first kappa shape index (κ1) is 16.9. The highest BCUT2D eigenvalue weighted by Gasteiger charge is 2.12. The molecule has 0 heterocycles. The second-order valence-corrected chi connectivity index (χ2v) is 4.39. The van der Waals surface area contributed by atoms with Crippen LogP contribution in [-0.2, 0) is 4.79 Å². The van der Waals surface area contributed by atoms with Crippen LogP contribution in [0.5, 0.6) is 0 Å². The Hall–Kier alpha value is -1.09. The summed E-state index contributed by atoms with van der Waals surface area (Å²) in [6.07, 6.45) is 4.30. The van der Waals surface area contributed by atoms with E-state index >= 15 is 0 Å². The minimum Gasteiger partial charge on any atom is -0.326 e. The summed E-state index contributed by atoms with van der Waals surface area (Å²) in [6, 6.07) is 5.84. The van der Waals surface area contributed by atoms with Gasteiger partial charge in [-0.3, -0.25) is 4.79 Å². The van der Waals surface area contributed by atoms with Gasteiger partial charge in [-0.15, -0.1) is 12.4 Å². The van der Waals surface area contributed by atoms with Crippen LogP contribution in [0.4, 0.5) is 10.1 Å². The molecular weight excluding hydrogens is 253 g/mol. The maximum atomic E-state index is 12.7. The number of rotatable bonds is 6. The number of benzene rings is 1. The third-order valence-electron chi connectivity index (χ3n) is 2.80. The first-order valence-electron chi connectivity index (χ1n) is 6.20. The molecule has 0 radical (unpaired) electrons. The molecule has 0 saturated heterocycles. The van der Waals surface area contributed by atoms with E-state index in [4.69, 9.17) is 0 Å². The van der Waals surface area contributed by atoms with E-state index in [1.165, 1.54) is 12.1 Å². The average molecular weight is 274 g/mol. The van der Waals surface area contributed by atoms with Crippen molar-refractivity contribution < 1.29 is 9.18 Å². The highest BCUT2D eigenvalue weighted by molar-refractivity contribution is 5.92. The lowest BCUT2D eigenvalue weighted by Crippen LogP contribution is -2.20. The summed E-state index contributed by atoms with van der Waals surface area (Å²) >= 11 is 0. The Balaban J connectivity index is 0.00000289. The van der Waals surface area contributed by atoms with E-state index in [9.17, 15) is 9.18 Å². The second kappa shape index (κ2) is 8.92. The molecular formula is C14H21ClFNO. The third-order valence-corrected chi connectivity index (χ3v) is 2.80. The highest BCUT2D eigenvalue weighted by Crippen LogP contribution is 2.14. The van der Waals surface area contributed by atoms with Gasteiger partial charge >= 0.3 is 0 Å². The molecule has 0 saturated carbocycles. The van der Waals surface area contributed by atoms with Crippen molar-refractivity contribution in [2.45, 2.75) is 39.5 Å². The van der Waals surface area contributed by atoms with Gasteiger partial charge < -0.3 is 5.32 Å². The number of anilines is 1. The van der Waals surface area contributed by atoms with Crippen LogP contribution < -0.4 is 5.32 Å². The first-order chi connectivity index (χ1) is 8.13. The summed E-state index contributed by atoms with van der Waals surface area (Å²) in [4.78, 5) is 11.8.